The number of rotatable bonds is 3. The van der Waals surface area contributed by atoms with E-state index in [4.69, 9.17) is 16.3 Å². The SMILES string of the molecule is Oc1ccccc1OCc1cccc(Cl)c1. The van der Waals surface area contributed by atoms with Crippen molar-refractivity contribution in [1.29, 1.82) is 0 Å². The van der Waals surface area contributed by atoms with E-state index in [1.54, 1.807) is 18.2 Å². The van der Waals surface area contributed by atoms with Crippen molar-refractivity contribution < 1.29 is 9.84 Å². The molecule has 0 saturated carbocycles. The number of hydrogen-bond acceptors (Lipinski definition) is 2. The van der Waals surface area contributed by atoms with Gasteiger partial charge < -0.3 is 9.84 Å². The first-order valence-electron chi connectivity index (χ1n) is 4.91. The summed E-state index contributed by atoms with van der Waals surface area (Å²) < 4.78 is 5.47. The molecule has 1 N–H and O–H groups in total. The second-order valence-corrected chi connectivity index (χ2v) is 3.82. The molecule has 3 heteroatoms. The van der Waals surface area contributed by atoms with Crippen molar-refractivity contribution in [3.8, 4) is 11.5 Å². The molecule has 2 nitrogen and oxygen atoms in total. The van der Waals surface area contributed by atoms with Crippen molar-refractivity contribution in [3.63, 3.8) is 0 Å². The van der Waals surface area contributed by atoms with Gasteiger partial charge in [0.1, 0.15) is 6.61 Å². The monoisotopic (exact) mass is 234 g/mol. The second kappa shape index (κ2) is 4.90. The lowest BCUT2D eigenvalue weighted by Crippen LogP contribution is -1.95. The molecule has 0 aliphatic carbocycles. The summed E-state index contributed by atoms with van der Waals surface area (Å²) in [6.45, 7) is 0.387. The van der Waals surface area contributed by atoms with Gasteiger partial charge in [-0.05, 0) is 29.8 Å². The summed E-state index contributed by atoms with van der Waals surface area (Å²) in [4.78, 5) is 0. The fraction of sp³-hybridized carbons (Fsp3) is 0.0769. The zero-order valence-electron chi connectivity index (χ0n) is 8.56. The van der Waals surface area contributed by atoms with Crippen molar-refractivity contribution in [1.82, 2.24) is 0 Å². The summed E-state index contributed by atoms with van der Waals surface area (Å²) in [5.74, 6) is 0.618. The Bertz CT molecular complexity index is 483. The maximum Gasteiger partial charge on any atom is 0.161 e. The van der Waals surface area contributed by atoms with Gasteiger partial charge in [-0.25, -0.2) is 0 Å². The van der Waals surface area contributed by atoms with E-state index in [0.29, 0.717) is 17.4 Å². The fourth-order valence-electron chi connectivity index (χ4n) is 1.37. The Kier molecular flexibility index (Phi) is 3.32. The zero-order valence-corrected chi connectivity index (χ0v) is 9.32. The van der Waals surface area contributed by atoms with Gasteiger partial charge in [0, 0.05) is 5.02 Å². The minimum absolute atomic E-state index is 0.143. The Morgan fingerprint density at radius 3 is 2.62 bits per heavy atom. The number of phenols is 1. The summed E-state index contributed by atoms with van der Waals surface area (Å²) in [5, 5.41) is 10.2. The average Bonchev–Trinajstić information content (AvgIpc) is 2.28. The van der Waals surface area contributed by atoms with Crippen LogP contribution in [0.5, 0.6) is 11.5 Å². The Balaban J connectivity index is 2.05. The van der Waals surface area contributed by atoms with Gasteiger partial charge in [-0.15, -0.1) is 0 Å². The van der Waals surface area contributed by atoms with Crippen LogP contribution in [0.15, 0.2) is 48.5 Å². The first kappa shape index (κ1) is 10.8. The molecule has 0 saturated heterocycles. The highest BCUT2D eigenvalue weighted by Crippen LogP contribution is 2.25. The molecule has 0 aromatic heterocycles. The van der Waals surface area contributed by atoms with E-state index in [1.807, 2.05) is 30.3 Å². The lowest BCUT2D eigenvalue weighted by atomic mass is 10.2. The molecular formula is C13H11ClO2. The minimum atomic E-state index is 0.143. The highest BCUT2D eigenvalue weighted by Gasteiger charge is 2.01. The first-order chi connectivity index (χ1) is 7.75. The Morgan fingerprint density at radius 1 is 1.06 bits per heavy atom. The average molecular weight is 235 g/mol. The molecule has 0 radical (unpaired) electrons. The number of hydrogen-bond donors (Lipinski definition) is 1. The summed E-state index contributed by atoms with van der Waals surface area (Å²) in [7, 11) is 0. The smallest absolute Gasteiger partial charge is 0.161 e. The standard InChI is InChI=1S/C13H11ClO2/c14-11-5-3-4-10(8-11)9-16-13-7-2-1-6-12(13)15/h1-8,15H,9H2. The van der Waals surface area contributed by atoms with Crippen LogP contribution in [0.3, 0.4) is 0 Å². The van der Waals surface area contributed by atoms with E-state index in [9.17, 15) is 5.11 Å². The normalized spacial score (nSPS) is 10.1. The molecule has 2 aromatic rings. The van der Waals surface area contributed by atoms with Gasteiger partial charge in [0.25, 0.3) is 0 Å². The van der Waals surface area contributed by atoms with E-state index >= 15 is 0 Å². The number of aromatic hydroxyl groups is 1. The van der Waals surface area contributed by atoms with Crippen molar-refractivity contribution in [2.75, 3.05) is 0 Å². The minimum Gasteiger partial charge on any atom is -0.504 e. The largest absolute Gasteiger partial charge is 0.504 e. The Morgan fingerprint density at radius 2 is 1.88 bits per heavy atom. The number of para-hydroxylation sites is 2. The van der Waals surface area contributed by atoms with E-state index in [2.05, 4.69) is 0 Å². The first-order valence-corrected chi connectivity index (χ1v) is 5.29. The van der Waals surface area contributed by atoms with Crippen LogP contribution in [0.25, 0.3) is 0 Å². The predicted molar refractivity (Wildman–Crippen MR) is 63.9 cm³/mol. The van der Waals surface area contributed by atoms with Crippen molar-refractivity contribution >= 4 is 11.6 Å². The van der Waals surface area contributed by atoms with Crippen LogP contribution in [-0.4, -0.2) is 5.11 Å². The quantitative estimate of drug-likeness (QED) is 0.879. The number of halogens is 1. The van der Waals surface area contributed by atoms with Crippen LogP contribution < -0.4 is 4.74 Å². The molecule has 2 rings (SSSR count). The van der Waals surface area contributed by atoms with Gasteiger partial charge in [-0.1, -0.05) is 35.9 Å². The van der Waals surface area contributed by atoms with Crippen LogP contribution in [0.1, 0.15) is 5.56 Å². The molecule has 0 unspecified atom stereocenters. The van der Waals surface area contributed by atoms with Crippen LogP contribution in [0.2, 0.25) is 5.02 Å². The maximum absolute atomic E-state index is 9.49. The summed E-state index contributed by atoms with van der Waals surface area (Å²) in [6.07, 6.45) is 0. The molecule has 82 valence electrons. The van der Waals surface area contributed by atoms with E-state index in [0.717, 1.165) is 5.56 Å². The highest BCUT2D eigenvalue weighted by molar-refractivity contribution is 6.30. The molecule has 0 amide bonds. The van der Waals surface area contributed by atoms with E-state index in [1.165, 1.54) is 0 Å². The van der Waals surface area contributed by atoms with Crippen LogP contribution >= 0.6 is 11.6 Å². The molecule has 16 heavy (non-hydrogen) atoms. The summed E-state index contributed by atoms with van der Waals surface area (Å²) in [6, 6.07) is 14.3. The van der Waals surface area contributed by atoms with E-state index < -0.39 is 0 Å². The lowest BCUT2D eigenvalue weighted by Gasteiger charge is -2.07. The van der Waals surface area contributed by atoms with Crippen molar-refractivity contribution in [2.24, 2.45) is 0 Å². The molecule has 0 atom stereocenters. The molecule has 0 spiro atoms. The molecule has 0 heterocycles. The van der Waals surface area contributed by atoms with Crippen LogP contribution in [0.4, 0.5) is 0 Å². The van der Waals surface area contributed by atoms with E-state index in [-0.39, 0.29) is 5.75 Å². The molecule has 0 fully saturated rings. The number of benzene rings is 2. The molecule has 0 aliphatic rings. The second-order valence-electron chi connectivity index (χ2n) is 3.39. The molecular weight excluding hydrogens is 224 g/mol. The van der Waals surface area contributed by atoms with Crippen LogP contribution in [-0.2, 0) is 6.61 Å². The third kappa shape index (κ3) is 2.67. The third-order valence-electron chi connectivity index (χ3n) is 2.15. The van der Waals surface area contributed by atoms with Gasteiger partial charge in [0.05, 0.1) is 0 Å². The predicted octanol–water partition coefficient (Wildman–Crippen LogP) is 3.62. The third-order valence-corrected chi connectivity index (χ3v) is 2.38. The fourth-order valence-corrected chi connectivity index (χ4v) is 1.58. The number of ether oxygens (including phenoxy) is 1. The van der Waals surface area contributed by atoms with Crippen molar-refractivity contribution in [2.45, 2.75) is 6.61 Å². The molecule has 0 aliphatic heterocycles. The lowest BCUT2D eigenvalue weighted by molar-refractivity contribution is 0.289. The summed E-state index contributed by atoms with van der Waals surface area (Å²) in [5.41, 5.74) is 0.968. The molecule has 0 bridgehead atoms. The zero-order chi connectivity index (χ0) is 11.4. The Hall–Kier alpha value is -1.67. The number of phenolic OH excluding ortho intramolecular Hbond substituents is 1. The summed E-state index contributed by atoms with van der Waals surface area (Å²) >= 11 is 5.85. The van der Waals surface area contributed by atoms with Gasteiger partial charge in [-0.3, -0.25) is 0 Å². The highest BCUT2D eigenvalue weighted by atomic mass is 35.5. The molecule has 2 aromatic carbocycles. The topological polar surface area (TPSA) is 29.5 Å². The van der Waals surface area contributed by atoms with Gasteiger partial charge in [-0.2, -0.15) is 0 Å². The van der Waals surface area contributed by atoms with Gasteiger partial charge in [0.15, 0.2) is 11.5 Å². The van der Waals surface area contributed by atoms with Gasteiger partial charge in [0.2, 0.25) is 0 Å². The van der Waals surface area contributed by atoms with Crippen LogP contribution in [0, 0.1) is 0 Å². The maximum atomic E-state index is 9.49. The van der Waals surface area contributed by atoms with Gasteiger partial charge >= 0.3 is 0 Å². The van der Waals surface area contributed by atoms with Crippen molar-refractivity contribution in [3.05, 3.63) is 59.1 Å². The Labute approximate surface area is 99.1 Å².